The normalized spacial score (nSPS) is 16.7. The summed E-state index contributed by atoms with van der Waals surface area (Å²) in [6, 6.07) is 3.77. The first-order valence-electron chi connectivity index (χ1n) is 9.17. The van der Waals surface area contributed by atoms with Gasteiger partial charge in [-0.25, -0.2) is 8.42 Å². The van der Waals surface area contributed by atoms with E-state index in [2.05, 4.69) is 14.9 Å². The third kappa shape index (κ3) is 6.46. The molecule has 1 amide bonds. The summed E-state index contributed by atoms with van der Waals surface area (Å²) in [6.07, 6.45) is 0. The topological polar surface area (TPSA) is 97.0 Å². The zero-order valence-corrected chi connectivity index (χ0v) is 17.0. The lowest BCUT2D eigenvalue weighted by molar-refractivity contribution is -0.122. The minimum Gasteiger partial charge on any atom is -0.494 e. The number of nitrogens with one attached hydrogen (secondary N) is 2. The number of benzene rings is 1. The molecule has 0 unspecified atom stereocenters. The molecule has 1 atom stereocenters. The van der Waals surface area contributed by atoms with Crippen LogP contribution < -0.4 is 14.8 Å². The van der Waals surface area contributed by atoms with E-state index in [0.717, 1.165) is 18.7 Å². The van der Waals surface area contributed by atoms with Gasteiger partial charge >= 0.3 is 0 Å². The van der Waals surface area contributed by atoms with Crippen molar-refractivity contribution in [3.63, 3.8) is 0 Å². The third-order valence-corrected chi connectivity index (χ3v) is 5.85. The lowest BCUT2D eigenvalue weighted by Gasteiger charge is -2.26. The van der Waals surface area contributed by atoms with Crippen molar-refractivity contribution in [3.05, 3.63) is 23.8 Å². The van der Waals surface area contributed by atoms with Crippen molar-refractivity contribution in [1.82, 2.24) is 14.9 Å². The summed E-state index contributed by atoms with van der Waals surface area (Å²) in [5, 5.41) is 2.77. The molecule has 2 rings (SSSR count). The molecule has 0 aliphatic carbocycles. The highest BCUT2D eigenvalue weighted by Gasteiger charge is 2.22. The van der Waals surface area contributed by atoms with Crippen molar-refractivity contribution in [2.24, 2.45) is 0 Å². The Morgan fingerprint density at radius 2 is 2.04 bits per heavy atom. The van der Waals surface area contributed by atoms with Gasteiger partial charge in [-0.3, -0.25) is 9.69 Å². The van der Waals surface area contributed by atoms with Crippen molar-refractivity contribution >= 4 is 15.9 Å². The monoisotopic (exact) mass is 399 g/mol. The minimum absolute atomic E-state index is 0.108. The number of ether oxygens (including phenoxy) is 2. The van der Waals surface area contributed by atoms with Gasteiger partial charge in [0.2, 0.25) is 15.9 Å². The Balaban J connectivity index is 1.87. The molecule has 0 radical (unpaired) electrons. The van der Waals surface area contributed by atoms with E-state index in [1.165, 1.54) is 19.1 Å². The number of amides is 1. The van der Waals surface area contributed by atoms with E-state index in [0.29, 0.717) is 38.7 Å². The summed E-state index contributed by atoms with van der Waals surface area (Å²) in [5.41, 5.74) is 0.724. The molecular formula is C18H29N3O5S. The Morgan fingerprint density at radius 3 is 2.67 bits per heavy atom. The van der Waals surface area contributed by atoms with Gasteiger partial charge in [-0.05, 0) is 44.5 Å². The van der Waals surface area contributed by atoms with Crippen LogP contribution in [0.5, 0.6) is 5.75 Å². The summed E-state index contributed by atoms with van der Waals surface area (Å²) < 4.78 is 38.2. The van der Waals surface area contributed by atoms with Crippen molar-refractivity contribution in [2.75, 3.05) is 46.0 Å². The molecule has 1 heterocycles. The smallest absolute Gasteiger partial charge is 0.241 e. The molecule has 1 saturated heterocycles. The van der Waals surface area contributed by atoms with Gasteiger partial charge in [0.05, 0.1) is 30.8 Å². The summed E-state index contributed by atoms with van der Waals surface area (Å²) in [7, 11) is -3.80. The molecule has 1 aliphatic rings. The Hall–Kier alpha value is -1.68. The van der Waals surface area contributed by atoms with Crippen LogP contribution >= 0.6 is 0 Å². The van der Waals surface area contributed by atoms with Gasteiger partial charge < -0.3 is 14.8 Å². The van der Waals surface area contributed by atoms with E-state index in [-0.39, 0.29) is 10.8 Å². The Kier molecular flexibility index (Phi) is 8.03. The second kappa shape index (κ2) is 10.0. The molecule has 152 valence electrons. The zero-order valence-electron chi connectivity index (χ0n) is 16.2. The molecule has 1 fully saturated rings. The number of sulfonamides is 1. The molecular weight excluding hydrogens is 370 g/mol. The van der Waals surface area contributed by atoms with Gasteiger partial charge in [-0.1, -0.05) is 0 Å². The first-order chi connectivity index (χ1) is 12.8. The van der Waals surface area contributed by atoms with Crippen LogP contribution in [0.1, 0.15) is 19.4 Å². The SMILES string of the molecule is CCOc1ccc(S(=O)(=O)N[C@@H](C)C(=O)NCCN2CCOCC2)cc1C. The van der Waals surface area contributed by atoms with Crippen LogP contribution in [0.4, 0.5) is 0 Å². The van der Waals surface area contributed by atoms with Crippen LogP contribution in [-0.2, 0) is 19.6 Å². The summed E-state index contributed by atoms with van der Waals surface area (Å²) in [4.78, 5) is 14.5. The largest absolute Gasteiger partial charge is 0.494 e. The van der Waals surface area contributed by atoms with E-state index in [1.807, 2.05) is 6.92 Å². The van der Waals surface area contributed by atoms with Crippen molar-refractivity contribution < 1.29 is 22.7 Å². The Morgan fingerprint density at radius 1 is 1.33 bits per heavy atom. The first kappa shape index (κ1) is 21.6. The fraction of sp³-hybridized carbons (Fsp3) is 0.611. The molecule has 1 aliphatic heterocycles. The van der Waals surface area contributed by atoms with Crippen molar-refractivity contribution in [1.29, 1.82) is 0 Å². The molecule has 2 N–H and O–H groups in total. The number of hydrogen-bond donors (Lipinski definition) is 2. The Labute approximate surface area is 161 Å². The van der Waals surface area contributed by atoms with Gasteiger partial charge in [-0.15, -0.1) is 0 Å². The predicted octanol–water partition coefficient (Wildman–Crippen LogP) is 0.509. The van der Waals surface area contributed by atoms with Crippen molar-refractivity contribution in [2.45, 2.75) is 31.7 Å². The average Bonchev–Trinajstić information content (AvgIpc) is 2.64. The number of hydrogen-bond acceptors (Lipinski definition) is 6. The number of carbonyl (C=O) groups is 1. The standard InChI is InChI=1S/C18H29N3O5S/c1-4-26-17-6-5-16(13-14(17)2)27(23,24)20-15(3)18(22)19-7-8-21-9-11-25-12-10-21/h5-6,13,15,20H,4,7-12H2,1-3H3,(H,19,22)/t15-/m0/s1. The lowest BCUT2D eigenvalue weighted by Crippen LogP contribution is -2.47. The number of carbonyl (C=O) groups excluding carboxylic acids is 1. The van der Waals surface area contributed by atoms with Crippen LogP contribution in [0.3, 0.4) is 0 Å². The quantitative estimate of drug-likeness (QED) is 0.628. The predicted molar refractivity (Wildman–Crippen MR) is 102 cm³/mol. The second-order valence-electron chi connectivity index (χ2n) is 6.45. The van der Waals surface area contributed by atoms with Crippen LogP contribution in [0.15, 0.2) is 23.1 Å². The van der Waals surface area contributed by atoms with Gasteiger partial charge in [0.25, 0.3) is 0 Å². The van der Waals surface area contributed by atoms with E-state index in [1.54, 1.807) is 13.0 Å². The highest BCUT2D eigenvalue weighted by Crippen LogP contribution is 2.21. The first-order valence-corrected chi connectivity index (χ1v) is 10.7. The number of morpholine rings is 1. The minimum atomic E-state index is -3.80. The molecule has 1 aromatic carbocycles. The molecule has 1 aromatic rings. The maximum Gasteiger partial charge on any atom is 0.241 e. The van der Waals surface area contributed by atoms with Gasteiger partial charge in [0, 0.05) is 26.2 Å². The number of rotatable bonds is 9. The fourth-order valence-electron chi connectivity index (χ4n) is 2.78. The molecule has 27 heavy (non-hydrogen) atoms. The maximum absolute atomic E-state index is 12.5. The Bertz CT molecular complexity index is 733. The fourth-order valence-corrected chi connectivity index (χ4v) is 4.06. The van der Waals surface area contributed by atoms with Crippen LogP contribution in [-0.4, -0.2) is 71.3 Å². The lowest BCUT2D eigenvalue weighted by atomic mass is 10.2. The third-order valence-electron chi connectivity index (χ3n) is 4.31. The van der Waals surface area contributed by atoms with Crippen molar-refractivity contribution in [3.8, 4) is 5.75 Å². The molecule has 8 nitrogen and oxygen atoms in total. The van der Waals surface area contributed by atoms with E-state index in [4.69, 9.17) is 9.47 Å². The van der Waals surface area contributed by atoms with E-state index >= 15 is 0 Å². The van der Waals surface area contributed by atoms with E-state index in [9.17, 15) is 13.2 Å². The van der Waals surface area contributed by atoms with Gasteiger partial charge in [0.15, 0.2) is 0 Å². The molecule has 0 bridgehead atoms. The van der Waals surface area contributed by atoms with Gasteiger partial charge in [-0.2, -0.15) is 4.72 Å². The highest BCUT2D eigenvalue weighted by atomic mass is 32.2. The summed E-state index contributed by atoms with van der Waals surface area (Å²) >= 11 is 0. The van der Waals surface area contributed by atoms with Crippen LogP contribution in [0.2, 0.25) is 0 Å². The highest BCUT2D eigenvalue weighted by molar-refractivity contribution is 7.89. The van der Waals surface area contributed by atoms with E-state index < -0.39 is 16.1 Å². The zero-order chi connectivity index (χ0) is 19.9. The molecule has 9 heteroatoms. The molecule has 0 aromatic heterocycles. The maximum atomic E-state index is 12.5. The van der Waals surface area contributed by atoms with Crippen LogP contribution in [0.25, 0.3) is 0 Å². The summed E-state index contributed by atoms with van der Waals surface area (Å²) in [5.74, 6) is 0.292. The summed E-state index contributed by atoms with van der Waals surface area (Å²) in [6.45, 7) is 9.95. The second-order valence-corrected chi connectivity index (χ2v) is 8.16. The van der Waals surface area contributed by atoms with Crippen LogP contribution in [0, 0.1) is 6.92 Å². The number of nitrogens with zero attached hydrogens (tertiary/aromatic N) is 1. The number of aryl methyl sites for hydroxylation is 1. The van der Waals surface area contributed by atoms with Gasteiger partial charge in [0.1, 0.15) is 5.75 Å². The molecule has 0 spiro atoms. The molecule has 0 saturated carbocycles. The average molecular weight is 400 g/mol.